The Morgan fingerprint density at radius 2 is 1.95 bits per heavy atom. The molecule has 0 saturated carbocycles. The fourth-order valence-electron chi connectivity index (χ4n) is 2.34. The van der Waals surface area contributed by atoms with Gasteiger partial charge in [-0.05, 0) is 42.4 Å². The van der Waals surface area contributed by atoms with Gasteiger partial charge in [0.05, 0.1) is 5.56 Å². The molecule has 108 valence electrons. The lowest BCUT2D eigenvalue weighted by Crippen LogP contribution is -2.37. The van der Waals surface area contributed by atoms with E-state index in [2.05, 4.69) is 5.32 Å². The van der Waals surface area contributed by atoms with Crippen LogP contribution in [0.3, 0.4) is 0 Å². The van der Waals surface area contributed by atoms with Crippen LogP contribution in [0, 0.1) is 0 Å². The Morgan fingerprint density at radius 1 is 1.25 bits per heavy atom. The fraction of sp³-hybridized carbons (Fsp3) is 0.467. The number of carboxylic acid groups (broad SMARTS) is 1. The van der Waals surface area contributed by atoms with Crippen LogP contribution in [0.25, 0.3) is 0 Å². The van der Waals surface area contributed by atoms with E-state index in [9.17, 15) is 9.59 Å². The van der Waals surface area contributed by atoms with E-state index in [0.717, 1.165) is 24.3 Å². The SMILES string of the molecule is O=C(CCc1ccccc1C(=O)O)NC1CCSCC1. The largest absolute Gasteiger partial charge is 0.478 e. The zero-order valence-electron chi connectivity index (χ0n) is 11.3. The maximum atomic E-state index is 11.9. The molecule has 1 aromatic carbocycles. The van der Waals surface area contributed by atoms with Crippen LogP contribution in [0.5, 0.6) is 0 Å². The second kappa shape index (κ2) is 7.33. The van der Waals surface area contributed by atoms with Gasteiger partial charge in [0, 0.05) is 12.5 Å². The highest BCUT2D eigenvalue weighted by Gasteiger charge is 2.16. The molecule has 0 aromatic heterocycles. The third-order valence-electron chi connectivity index (χ3n) is 3.46. The number of aromatic carboxylic acids is 1. The Balaban J connectivity index is 1.85. The summed E-state index contributed by atoms with van der Waals surface area (Å²) in [7, 11) is 0. The van der Waals surface area contributed by atoms with Gasteiger partial charge in [-0.1, -0.05) is 18.2 Å². The molecular weight excluding hydrogens is 274 g/mol. The fourth-order valence-corrected chi connectivity index (χ4v) is 3.44. The average Bonchev–Trinajstić information content (AvgIpc) is 2.46. The number of carboxylic acids is 1. The molecule has 0 unspecified atom stereocenters. The van der Waals surface area contributed by atoms with E-state index in [1.54, 1.807) is 24.3 Å². The summed E-state index contributed by atoms with van der Waals surface area (Å²) in [6, 6.07) is 7.14. The first kappa shape index (κ1) is 14.9. The lowest BCUT2D eigenvalue weighted by atomic mass is 10.0. The second-order valence-corrected chi connectivity index (χ2v) is 6.14. The van der Waals surface area contributed by atoms with E-state index >= 15 is 0 Å². The number of benzene rings is 1. The molecule has 1 saturated heterocycles. The molecule has 20 heavy (non-hydrogen) atoms. The first-order chi connectivity index (χ1) is 9.66. The van der Waals surface area contributed by atoms with Gasteiger partial charge in [0.2, 0.25) is 5.91 Å². The zero-order valence-corrected chi connectivity index (χ0v) is 12.1. The Labute approximate surface area is 123 Å². The highest BCUT2D eigenvalue weighted by molar-refractivity contribution is 7.99. The van der Waals surface area contributed by atoms with Gasteiger partial charge in [-0.15, -0.1) is 0 Å². The van der Waals surface area contributed by atoms with E-state index in [1.165, 1.54) is 0 Å². The predicted octanol–water partition coefficient (Wildman–Crippen LogP) is 2.33. The van der Waals surface area contributed by atoms with Crippen LogP contribution in [0.4, 0.5) is 0 Å². The predicted molar refractivity (Wildman–Crippen MR) is 80.2 cm³/mol. The number of carbonyl (C=O) groups is 2. The highest BCUT2D eigenvalue weighted by atomic mass is 32.2. The van der Waals surface area contributed by atoms with Gasteiger partial charge in [0.25, 0.3) is 0 Å². The molecule has 0 spiro atoms. The molecule has 0 aliphatic carbocycles. The van der Waals surface area contributed by atoms with Crippen molar-refractivity contribution in [1.82, 2.24) is 5.32 Å². The van der Waals surface area contributed by atoms with Gasteiger partial charge in [0.1, 0.15) is 0 Å². The molecule has 4 nitrogen and oxygen atoms in total. The second-order valence-electron chi connectivity index (χ2n) is 4.92. The minimum Gasteiger partial charge on any atom is -0.478 e. The van der Waals surface area contributed by atoms with E-state index in [1.807, 2.05) is 11.8 Å². The van der Waals surface area contributed by atoms with Crippen LogP contribution in [-0.4, -0.2) is 34.5 Å². The summed E-state index contributed by atoms with van der Waals surface area (Å²) in [4.78, 5) is 23.0. The van der Waals surface area contributed by atoms with Crippen molar-refractivity contribution in [3.05, 3.63) is 35.4 Å². The van der Waals surface area contributed by atoms with Gasteiger partial charge < -0.3 is 10.4 Å². The molecule has 5 heteroatoms. The van der Waals surface area contributed by atoms with Crippen LogP contribution >= 0.6 is 11.8 Å². The topological polar surface area (TPSA) is 66.4 Å². The van der Waals surface area contributed by atoms with Crippen molar-refractivity contribution in [1.29, 1.82) is 0 Å². The van der Waals surface area contributed by atoms with Crippen LogP contribution < -0.4 is 5.32 Å². The van der Waals surface area contributed by atoms with E-state index in [4.69, 9.17) is 5.11 Å². The molecule has 1 aliphatic rings. The summed E-state index contributed by atoms with van der Waals surface area (Å²) in [5.41, 5.74) is 1.00. The summed E-state index contributed by atoms with van der Waals surface area (Å²) >= 11 is 1.92. The first-order valence-corrected chi connectivity index (χ1v) is 8.00. The number of rotatable bonds is 5. The van der Waals surface area contributed by atoms with Crippen LogP contribution in [-0.2, 0) is 11.2 Å². The molecule has 1 amide bonds. The lowest BCUT2D eigenvalue weighted by molar-refractivity contribution is -0.121. The molecule has 2 N–H and O–H groups in total. The number of thioether (sulfide) groups is 1. The summed E-state index contributed by atoms with van der Waals surface area (Å²) in [5, 5.41) is 12.1. The molecule has 2 rings (SSSR count). The Hall–Kier alpha value is -1.49. The third kappa shape index (κ3) is 4.27. The molecule has 0 bridgehead atoms. The standard InChI is InChI=1S/C15H19NO3S/c17-14(16-12-7-9-20-10-8-12)6-5-11-3-1-2-4-13(11)15(18)19/h1-4,12H,5-10H2,(H,16,17)(H,18,19). The van der Waals surface area contributed by atoms with Crippen molar-refractivity contribution in [2.75, 3.05) is 11.5 Å². The number of hydrogen-bond donors (Lipinski definition) is 2. The van der Waals surface area contributed by atoms with Crippen LogP contribution in [0.1, 0.15) is 35.2 Å². The molecule has 1 aromatic rings. The highest BCUT2D eigenvalue weighted by Crippen LogP contribution is 2.17. The summed E-state index contributed by atoms with van der Waals surface area (Å²) < 4.78 is 0. The summed E-state index contributed by atoms with van der Waals surface area (Å²) in [6.07, 6.45) is 2.87. The number of aryl methyl sites for hydroxylation is 1. The monoisotopic (exact) mass is 293 g/mol. The molecule has 1 aliphatic heterocycles. The van der Waals surface area contributed by atoms with E-state index < -0.39 is 5.97 Å². The third-order valence-corrected chi connectivity index (χ3v) is 4.50. The van der Waals surface area contributed by atoms with Crippen LogP contribution in [0.15, 0.2) is 24.3 Å². The summed E-state index contributed by atoms with van der Waals surface area (Å²) in [6.45, 7) is 0. The Bertz CT molecular complexity index is 484. The normalized spacial score (nSPS) is 15.8. The van der Waals surface area contributed by atoms with E-state index in [-0.39, 0.29) is 11.5 Å². The maximum Gasteiger partial charge on any atom is 0.335 e. The number of amides is 1. The minimum absolute atomic E-state index is 0.0158. The van der Waals surface area contributed by atoms with Gasteiger partial charge in [-0.2, -0.15) is 11.8 Å². The quantitative estimate of drug-likeness (QED) is 0.874. The molecule has 0 atom stereocenters. The zero-order chi connectivity index (χ0) is 14.4. The van der Waals surface area contributed by atoms with Crippen molar-refractivity contribution in [2.45, 2.75) is 31.7 Å². The maximum absolute atomic E-state index is 11.9. The summed E-state index contributed by atoms with van der Waals surface area (Å²) in [5.74, 6) is 1.28. The lowest BCUT2D eigenvalue weighted by Gasteiger charge is -2.22. The van der Waals surface area contributed by atoms with E-state index in [0.29, 0.717) is 24.4 Å². The van der Waals surface area contributed by atoms with Crippen LogP contribution in [0.2, 0.25) is 0 Å². The molecule has 0 radical (unpaired) electrons. The molecule has 1 heterocycles. The van der Waals surface area contributed by atoms with Crippen molar-refractivity contribution in [3.63, 3.8) is 0 Å². The Morgan fingerprint density at radius 3 is 2.65 bits per heavy atom. The van der Waals surface area contributed by atoms with Crippen molar-refractivity contribution < 1.29 is 14.7 Å². The number of hydrogen-bond acceptors (Lipinski definition) is 3. The van der Waals surface area contributed by atoms with Gasteiger partial charge in [-0.3, -0.25) is 4.79 Å². The van der Waals surface area contributed by atoms with Gasteiger partial charge in [-0.25, -0.2) is 4.79 Å². The molecular formula is C15H19NO3S. The average molecular weight is 293 g/mol. The van der Waals surface area contributed by atoms with Gasteiger partial charge >= 0.3 is 5.97 Å². The first-order valence-electron chi connectivity index (χ1n) is 6.85. The molecule has 1 fully saturated rings. The Kier molecular flexibility index (Phi) is 5.47. The number of nitrogens with one attached hydrogen (secondary N) is 1. The van der Waals surface area contributed by atoms with Crippen molar-refractivity contribution in [2.24, 2.45) is 0 Å². The smallest absolute Gasteiger partial charge is 0.335 e. The van der Waals surface area contributed by atoms with Gasteiger partial charge in [0.15, 0.2) is 0 Å². The number of carbonyl (C=O) groups excluding carboxylic acids is 1. The van der Waals surface area contributed by atoms with Crippen molar-refractivity contribution in [3.8, 4) is 0 Å². The van der Waals surface area contributed by atoms with Crippen molar-refractivity contribution >= 4 is 23.6 Å². The minimum atomic E-state index is -0.940.